The maximum Gasteiger partial charge on any atom is 0.143 e. The van der Waals surface area contributed by atoms with Gasteiger partial charge in [0.15, 0.2) is 0 Å². The third-order valence-electron chi connectivity index (χ3n) is 4.25. The SMILES string of the molecule is CC(C)CCCC(=O)C1(c2ccccc2)CCC1. The van der Waals surface area contributed by atoms with Crippen LogP contribution in [0.1, 0.15) is 57.9 Å². The average molecular weight is 244 g/mol. The highest BCUT2D eigenvalue weighted by atomic mass is 16.1. The van der Waals surface area contributed by atoms with E-state index < -0.39 is 0 Å². The van der Waals surface area contributed by atoms with Crippen LogP contribution in [0.15, 0.2) is 30.3 Å². The monoisotopic (exact) mass is 244 g/mol. The largest absolute Gasteiger partial charge is 0.299 e. The third kappa shape index (κ3) is 2.66. The Morgan fingerprint density at radius 3 is 2.39 bits per heavy atom. The van der Waals surface area contributed by atoms with Gasteiger partial charge < -0.3 is 0 Å². The van der Waals surface area contributed by atoms with Crippen molar-refractivity contribution in [2.24, 2.45) is 5.92 Å². The van der Waals surface area contributed by atoms with Crippen molar-refractivity contribution in [2.45, 2.75) is 57.8 Å². The standard InChI is InChI=1S/C17H24O/c1-14(2)8-6-11-16(18)17(12-7-13-17)15-9-4-3-5-10-15/h3-5,9-10,14H,6-8,11-13H2,1-2H3. The Hall–Kier alpha value is -1.11. The van der Waals surface area contributed by atoms with Gasteiger partial charge in [-0.25, -0.2) is 0 Å². The molecule has 0 saturated heterocycles. The fourth-order valence-electron chi connectivity index (χ4n) is 2.93. The minimum absolute atomic E-state index is 0.127. The van der Waals surface area contributed by atoms with Crippen LogP contribution < -0.4 is 0 Å². The predicted octanol–water partition coefficient (Wildman–Crippen LogP) is 4.50. The fraction of sp³-hybridized carbons (Fsp3) is 0.588. The van der Waals surface area contributed by atoms with Crippen molar-refractivity contribution in [1.29, 1.82) is 0 Å². The highest BCUT2D eigenvalue weighted by Crippen LogP contribution is 2.45. The lowest BCUT2D eigenvalue weighted by molar-refractivity contribution is -0.127. The van der Waals surface area contributed by atoms with Crippen LogP contribution in [0.5, 0.6) is 0 Å². The molecule has 1 saturated carbocycles. The van der Waals surface area contributed by atoms with Gasteiger partial charge in [0.25, 0.3) is 0 Å². The summed E-state index contributed by atoms with van der Waals surface area (Å²) in [5.41, 5.74) is 1.11. The summed E-state index contributed by atoms with van der Waals surface area (Å²) in [5, 5.41) is 0. The van der Waals surface area contributed by atoms with Gasteiger partial charge in [-0.1, -0.05) is 57.0 Å². The van der Waals surface area contributed by atoms with Gasteiger partial charge in [0, 0.05) is 6.42 Å². The summed E-state index contributed by atoms with van der Waals surface area (Å²) in [6.45, 7) is 4.45. The van der Waals surface area contributed by atoms with Crippen molar-refractivity contribution in [2.75, 3.05) is 0 Å². The zero-order valence-corrected chi connectivity index (χ0v) is 11.6. The first-order valence-electron chi connectivity index (χ1n) is 7.24. The number of carbonyl (C=O) groups excluding carboxylic acids is 1. The topological polar surface area (TPSA) is 17.1 Å². The van der Waals surface area contributed by atoms with Crippen LogP contribution in [0, 0.1) is 5.92 Å². The summed E-state index contributed by atoms with van der Waals surface area (Å²) in [7, 11) is 0. The molecule has 1 aromatic rings. The van der Waals surface area contributed by atoms with Crippen molar-refractivity contribution < 1.29 is 4.79 Å². The van der Waals surface area contributed by atoms with E-state index in [1.165, 1.54) is 12.0 Å². The summed E-state index contributed by atoms with van der Waals surface area (Å²) < 4.78 is 0. The quantitative estimate of drug-likeness (QED) is 0.720. The Morgan fingerprint density at radius 2 is 1.89 bits per heavy atom. The van der Waals surface area contributed by atoms with Crippen molar-refractivity contribution >= 4 is 5.78 Å². The van der Waals surface area contributed by atoms with Crippen LogP contribution in [0.25, 0.3) is 0 Å². The van der Waals surface area contributed by atoms with Crippen LogP contribution in [0.3, 0.4) is 0 Å². The zero-order valence-electron chi connectivity index (χ0n) is 11.6. The van der Waals surface area contributed by atoms with Gasteiger partial charge in [0.1, 0.15) is 5.78 Å². The van der Waals surface area contributed by atoms with E-state index in [4.69, 9.17) is 0 Å². The molecule has 1 heteroatoms. The number of benzene rings is 1. The van der Waals surface area contributed by atoms with E-state index in [1.54, 1.807) is 0 Å². The molecule has 1 fully saturated rings. The van der Waals surface area contributed by atoms with Crippen molar-refractivity contribution in [3.63, 3.8) is 0 Å². The molecule has 0 radical (unpaired) electrons. The number of Topliss-reactive ketones (excluding diaryl/α,β-unsaturated/α-hetero) is 1. The minimum Gasteiger partial charge on any atom is -0.299 e. The second-order valence-corrected chi connectivity index (χ2v) is 6.01. The normalized spacial score (nSPS) is 17.5. The first-order valence-corrected chi connectivity index (χ1v) is 7.24. The summed E-state index contributed by atoms with van der Waals surface area (Å²) in [6, 6.07) is 10.4. The van der Waals surface area contributed by atoms with Gasteiger partial charge in [0.2, 0.25) is 0 Å². The third-order valence-corrected chi connectivity index (χ3v) is 4.25. The van der Waals surface area contributed by atoms with Crippen LogP contribution in [0.4, 0.5) is 0 Å². The Labute approximate surface area is 111 Å². The Balaban J connectivity index is 2.02. The summed E-state index contributed by atoms with van der Waals surface area (Å²) in [4.78, 5) is 12.5. The molecule has 0 amide bonds. The number of rotatable bonds is 6. The number of hydrogen-bond donors (Lipinski definition) is 0. The molecule has 1 nitrogen and oxygen atoms in total. The molecule has 0 N–H and O–H groups in total. The second-order valence-electron chi connectivity index (χ2n) is 6.01. The molecular formula is C17H24O. The number of hydrogen-bond acceptors (Lipinski definition) is 1. The molecule has 0 bridgehead atoms. The van der Waals surface area contributed by atoms with E-state index in [9.17, 15) is 4.79 Å². The number of ketones is 1. The summed E-state index contributed by atoms with van der Waals surface area (Å²) >= 11 is 0. The molecule has 0 heterocycles. The molecule has 1 aromatic carbocycles. The van der Waals surface area contributed by atoms with E-state index in [0.717, 1.165) is 32.1 Å². The lowest BCUT2D eigenvalue weighted by Gasteiger charge is -2.41. The van der Waals surface area contributed by atoms with Gasteiger partial charge >= 0.3 is 0 Å². The van der Waals surface area contributed by atoms with Gasteiger partial charge in [-0.2, -0.15) is 0 Å². The van der Waals surface area contributed by atoms with Crippen LogP contribution in [-0.2, 0) is 10.2 Å². The van der Waals surface area contributed by atoms with E-state index in [0.29, 0.717) is 11.7 Å². The lowest BCUT2D eigenvalue weighted by Crippen LogP contribution is -2.42. The van der Waals surface area contributed by atoms with Crippen molar-refractivity contribution in [1.82, 2.24) is 0 Å². The molecule has 0 aromatic heterocycles. The molecule has 0 atom stereocenters. The smallest absolute Gasteiger partial charge is 0.143 e. The maximum atomic E-state index is 12.5. The first-order chi connectivity index (χ1) is 8.65. The van der Waals surface area contributed by atoms with Crippen molar-refractivity contribution in [3.05, 3.63) is 35.9 Å². The van der Waals surface area contributed by atoms with Crippen LogP contribution in [0.2, 0.25) is 0 Å². The molecule has 1 aliphatic carbocycles. The Morgan fingerprint density at radius 1 is 1.22 bits per heavy atom. The zero-order chi connectivity index (χ0) is 13.0. The summed E-state index contributed by atoms with van der Waals surface area (Å²) in [6.07, 6.45) is 6.27. The van der Waals surface area contributed by atoms with Crippen molar-refractivity contribution in [3.8, 4) is 0 Å². The predicted molar refractivity (Wildman–Crippen MR) is 75.7 cm³/mol. The molecule has 0 unspecified atom stereocenters. The van der Waals surface area contributed by atoms with E-state index in [2.05, 4.69) is 38.1 Å². The molecule has 2 rings (SSSR count). The Kier molecular flexibility index (Phi) is 4.21. The fourth-order valence-corrected chi connectivity index (χ4v) is 2.93. The van der Waals surface area contributed by atoms with E-state index in [1.807, 2.05) is 6.07 Å². The maximum absolute atomic E-state index is 12.5. The van der Waals surface area contributed by atoms with Gasteiger partial charge in [-0.15, -0.1) is 0 Å². The van der Waals surface area contributed by atoms with Gasteiger partial charge in [-0.3, -0.25) is 4.79 Å². The molecular weight excluding hydrogens is 220 g/mol. The average Bonchev–Trinajstić information content (AvgIpc) is 2.28. The summed E-state index contributed by atoms with van der Waals surface area (Å²) in [5.74, 6) is 1.17. The highest BCUT2D eigenvalue weighted by molar-refractivity contribution is 5.91. The first kappa shape index (κ1) is 13.3. The molecule has 1 aliphatic rings. The second kappa shape index (κ2) is 5.69. The lowest BCUT2D eigenvalue weighted by atomic mass is 9.61. The van der Waals surface area contributed by atoms with Crippen LogP contribution in [-0.4, -0.2) is 5.78 Å². The van der Waals surface area contributed by atoms with E-state index >= 15 is 0 Å². The highest BCUT2D eigenvalue weighted by Gasteiger charge is 2.44. The van der Waals surface area contributed by atoms with Crippen LogP contribution >= 0.6 is 0 Å². The Bertz CT molecular complexity index is 387. The number of carbonyl (C=O) groups is 1. The van der Waals surface area contributed by atoms with Gasteiger partial charge in [0.05, 0.1) is 5.41 Å². The molecule has 0 aliphatic heterocycles. The molecule has 18 heavy (non-hydrogen) atoms. The van der Waals surface area contributed by atoms with E-state index in [-0.39, 0.29) is 5.41 Å². The van der Waals surface area contributed by atoms with Gasteiger partial charge in [-0.05, 0) is 30.7 Å². The molecule has 98 valence electrons. The minimum atomic E-state index is -0.127. The molecule has 0 spiro atoms.